The van der Waals surface area contributed by atoms with E-state index in [0.717, 1.165) is 41.5 Å². The largest absolute Gasteiger partial charge is 0.244 e. The molecule has 0 N–H and O–H groups in total. The average Bonchev–Trinajstić information content (AvgIpc) is 2.97. The van der Waals surface area contributed by atoms with Crippen LogP contribution in [0.3, 0.4) is 0 Å². The molecule has 17 heavy (non-hydrogen) atoms. The molecule has 0 aliphatic heterocycles. The minimum Gasteiger partial charge on any atom is -0.244 e. The van der Waals surface area contributed by atoms with E-state index < -0.39 is 0 Å². The lowest BCUT2D eigenvalue weighted by Crippen LogP contribution is -2.19. The third-order valence-corrected chi connectivity index (χ3v) is 4.35. The summed E-state index contributed by atoms with van der Waals surface area (Å²) in [4.78, 5) is 19.2. The summed E-state index contributed by atoms with van der Waals surface area (Å²) in [6.45, 7) is 0. The molecule has 1 heterocycles. The van der Waals surface area contributed by atoms with Gasteiger partial charge in [0, 0.05) is 5.56 Å². The highest BCUT2D eigenvalue weighted by Gasteiger charge is 2.37. The number of fused-ring (bicyclic) bond motifs is 1. The molecule has 4 heteroatoms. The second kappa shape index (κ2) is 4.06. The van der Waals surface area contributed by atoms with E-state index in [4.69, 9.17) is 0 Å². The van der Waals surface area contributed by atoms with E-state index in [1.165, 1.54) is 0 Å². The van der Waals surface area contributed by atoms with Crippen molar-refractivity contribution in [2.45, 2.75) is 31.2 Å². The molecule has 3 nitrogen and oxygen atoms in total. The van der Waals surface area contributed by atoms with Crippen LogP contribution >= 0.6 is 11.3 Å². The Bertz CT molecular complexity index is 592. The van der Waals surface area contributed by atoms with Crippen molar-refractivity contribution in [1.82, 2.24) is 4.98 Å². The van der Waals surface area contributed by atoms with Crippen LogP contribution in [0.2, 0.25) is 0 Å². The van der Waals surface area contributed by atoms with Crippen LogP contribution in [0.15, 0.2) is 28.7 Å². The number of thiazole rings is 1. The number of hydrogen-bond donors (Lipinski definition) is 0. The Morgan fingerprint density at radius 1 is 1.35 bits per heavy atom. The van der Waals surface area contributed by atoms with Crippen molar-refractivity contribution < 1.29 is 4.79 Å². The predicted octanol–water partition coefficient (Wildman–Crippen LogP) is 3.40. The Labute approximate surface area is 103 Å². The van der Waals surface area contributed by atoms with Crippen LogP contribution in [-0.2, 0) is 10.3 Å². The molecule has 0 amide bonds. The number of hydrogen-bond acceptors (Lipinski definition) is 4. The van der Waals surface area contributed by atoms with Gasteiger partial charge in [-0.1, -0.05) is 25.0 Å². The lowest BCUT2D eigenvalue weighted by atomic mass is 9.88. The quantitative estimate of drug-likeness (QED) is 0.600. The lowest BCUT2D eigenvalue weighted by Gasteiger charge is -2.23. The molecule has 0 bridgehead atoms. The molecule has 86 valence electrons. The number of aromatic nitrogens is 1. The van der Waals surface area contributed by atoms with Crippen molar-refractivity contribution in [2.24, 2.45) is 4.99 Å². The van der Waals surface area contributed by atoms with E-state index >= 15 is 0 Å². The highest BCUT2D eigenvalue weighted by molar-refractivity contribution is 7.16. The van der Waals surface area contributed by atoms with Gasteiger partial charge in [-0.05, 0) is 18.9 Å². The first-order valence-corrected chi connectivity index (χ1v) is 6.65. The van der Waals surface area contributed by atoms with Crippen LogP contribution in [0.4, 0.5) is 0 Å². The summed E-state index contributed by atoms with van der Waals surface area (Å²) >= 11 is 1.63. The average molecular weight is 244 g/mol. The van der Waals surface area contributed by atoms with E-state index in [0.29, 0.717) is 0 Å². The molecular formula is C13H12N2OS. The molecule has 2 aromatic rings. The summed E-state index contributed by atoms with van der Waals surface area (Å²) in [5.74, 6) is 0. The molecule has 0 atom stereocenters. The number of para-hydroxylation sites is 1. The monoisotopic (exact) mass is 244 g/mol. The number of aliphatic imine (C=N–C) groups is 1. The summed E-state index contributed by atoms with van der Waals surface area (Å²) in [5, 5.41) is 0. The van der Waals surface area contributed by atoms with Gasteiger partial charge < -0.3 is 0 Å². The molecule has 1 fully saturated rings. The van der Waals surface area contributed by atoms with Crippen molar-refractivity contribution in [1.29, 1.82) is 0 Å². The summed E-state index contributed by atoms with van der Waals surface area (Å²) in [5.41, 5.74) is 3.58. The molecule has 0 unspecified atom stereocenters. The van der Waals surface area contributed by atoms with Gasteiger partial charge in [-0.3, -0.25) is 0 Å². The number of benzene rings is 1. The Balaban J connectivity index is 2.25. The Kier molecular flexibility index (Phi) is 2.54. The van der Waals surface area contributed by atoms with E-state index in [1.807, 2.05) is 17.6 Å². The molecule has 0 radical (unpaired) electrons. The molecule has 3 rings (SSSR count). The maximum atomic E-state index is 10.7. The molecular weight excluding hydrogens is 232 g/mol. The molecule has 1 aliphatic carbocycles. The molecule has 1 aromatic carbocycles. The number of isocyanates is 1. The fourth-order valence-corrected chi connectivity index (χ4v) is 3.45. The highest BCUT2D eigenvalue weighted by atomic mass is 32.1. The van der Waals surface area contributed by atoms with Crippen molar-refractivity contribution in [3.8, 4) is 0 Å². The van der Waals surface area contributed by atoms with Crippen LogP contribution in [-0.4, -0.2) is 11.1 Å². The van der Waals surface area contributed by atoms with Gasteiger partial charge >= 0.3 is 0 Å². The number of nitrogens with zero attached hydrogens (tertiary/aromatic N) is 2. The van der Waals surface area contributed by atoms with Gasteiger partial charge in [0.15, 0.2) is 0 Å². The summed E-state index contributed by atoms with van der Waals surface area (Å²) in [6.07, 6.45) is 5.85. The number of rotatable bonds is 2. The molecule has 1 saturated carbocycles. The molecule has 1 aliphatic rings. The third-order valence-electron chi connectivity index (χ3n) is 3.55. The minimum atomic E-state index is -0.366. The SMILES string of the molecule is O=C=NC1(c2cccc3scnc23)CCCC1. The fourth-order valence-electron chi connectivity index (χ4n) is 2.75. The first kappa shape index (κ1) is 10.6. The summed E-state index contributed by atoms with van der Waals surface area (Å²) < 4.78 is 1.16. The van der Waals surface area contributed by atoms with Crippen LogP contribution in [0, 0.1) is 0 Å². The summed E-state index contributed by atoms with van der Waals surface area (Å²) in [7, 11) is 0. The van der Waals surface area contributed by atoms with Gasteiger partial charge in [0.25, 0.3) is 0 Å². The van der Waals surface area contributed by atoms with Gasteiger partial charge in [0.05, 0.1) is 15.7 Å². The second-order valence-electron chi connectivity index (χ2n) is 4.45. The van der Waals surface area contributed by atoms with Crippen LogP contribution in [0.5, 0.6) is 0 Å². The molecule has 0 spiro atoms. The third kappa shape index (κ3) is 1.61. The maximum absolute atomic E-state index is 10.7. The van der Waals surface area contributed by atoms with E-state index in [9.17, 15) is 4.79 Å². The van der Waals surface area contributed by atoms with E-state index in [1.54, 1.807) is 17.4 Å². The van der Waals surface area contributed by atoms with Gasteiger partial charge in [-0.15, -0.1) is 11.3 Å². The molecule has 1 aromatic heterocycles. The zero-order valence-corrected chi connectivity index (χ0v) is 10.2. The Hall–Kier alpha value is -1.51. The van der Waals surface area contributed by atoms with Crippen LogP contribution < -0.4 is 0 Å². The zero-order chi connectivity index (χ0) is 11.7. The first-order chi connectivity index (χ1) is 8.36. The maximum Gasteiger partial charge on any atom is 0.235 e. The molecule has 0 saturated heterocycles. The minimum absolute atomic E-state index is 0.366. The highest BCUT2D eigenvalue weighted by Crippen LogP contribution is 2.44. The lowest BCUT2D eigenvalue weighted by molar-refractivity contribution is 0.459. The van der Waals surface area contributed by atoms with Gasteiger partial charge in [0.1, 0.15) is 5.54 Å². The standard InChI is InChI=1S/C13H12N2OS/c16-8-15-13(6-1-2-7-13)10-4-3-5-11-12(10)14-9-17-11/h3-5,9H,1-2,6-7H2. The Morgan fingerprint density at radius 3 is 2.94 bits per heavy atom. The van der Waals surface area contributed by atoms with Crippen LogP contribution in [0.1, 0.15) is 31.2 Å². The zero-order valence-electron chi connectivity index (χ0n) is 9.35. The van der Waals surface area contributed by atoms with Gasteiger partial charge in [-0.2, -0.15) is 4.99 Å². The van der Waals surface area contributed by atoms with Gasteiger partial charge in [-0.25, -0.2) is 9.78 Å². The van der Waals surface area contributed by atoms with Gasteiger partial charge in [0.2, 0.25) is 6.08 Å². The second-order valence-corrected chi connectivity index (χ2v) is 5.33. The Morgan fingerprint density at radius 2 is 2.18 bits per heavy atom. The smallest absolute Gasteiger partial charge is 0.235 e. The van der Waals surface area contributed by atoms with Crippen molar-refractivity contribution in [2.75, 3.05) is 0 Å². The fraction of sp³-hybridized carbons (Fsp3) is 0.385. The number of carbonyl (C=O) groups excluding carboxylic acids is 1. The van der Waals surface area contributed by atoms with E-state index in [-0.39, 0.29) is 5.54 Å². The topological polar surface area (TPSA) is 42.3 Å². The summed E-state index contributed by atoms with van der Waals surface area (Å²) in [6, 6.07) is 6.13. The van der Waals surface area contributed by atoms with Crippen LogP contribution in [0.25, 0.3) is 10.2 Å². The predicted molar refractivity (Wildman–Crippen MR) is 67.9 cm³/mol. The van der Waals surface area contributed by atoms with Crippen molar-refractivity contribution >= 4 is 27.6 Å². The van der Waals surface area contributed by atoms with E-state index in [2.05, 4.69) is 16.0 Å². The van der Waals surface area contributed by atoms with Crippen molar-refractivity contribution in [3.63, 3.8) is 0 Å². The first-order valence-electron chi connectivity index (χ1n) is 5.77. The normalized spacial score (nSPS) is 18.1. The van der Waals surface area contributed by atoms with Crippen molar-refractivity contribution in [3.05, 3.63) is 29.3 Å².